The highest BCUT2D eigenvalue weighted by molar-refractivity contribution is 7.22. The third-order valence-electron chi connectivity index (χ3n) is 4.26. The molecule has 2 aromatic heterocycles. The molecule has 3 aromatic rings. The number of aromatic nitrogens is 3. The Labute approximate surface area is 142 Å². The van der Waals surface area contributed by atoms with E-state index in [9.17, 15) is 9.90 Å². The molecule has 0 saturated carbocycles. The summed E-state index contributed by atoms with van der Waals surface area (Å²) >= 11 is 1.61. The fourth-order valence-electron chi connectivity index (χ4n) is 3.00. The summed E-state index contributed by atoms with van der Waals surface area (Å²) in [6, 6.07) is 7.42. The van der Waals surface area contributed by atoms with Crippen LogP contribution in [0.1, 0.15) is 5.69 Å². The summed E-state index contributed by atoms with van der Waals surface area (Å²) in [6.45, 7) is 2.43. The molecule has 1 unspecified atom stereocenters. The molecule has 0 amide bonds. The maximum absolute atomic E-state index is 11.7. The van der Waals surface area contributed by atoms with Crippen molar-refractivity contribution in [3.63, 3.8) is 0 Å². The van der Waals surface area contributed by atoms with Gasteiger partial charge in [0.2, 0.25) is 0 Å². The zero-order chi connectivity index (χ0) is 16.5. The second-order valence-electron chi connectivity index (χ2n) is 5.81. The molecule has 24 heavy (non-hydrogen) atoms. The Morgan fingerprint density at radius 2 is 2.25 bits per heavy atom. The van der Waals surface area contributed by atoms with Crippen LogP contribution in [0.5, 0.6) is 0 Å². The Balaban J connectivity index is 1.54. The molecular formula is C16H17N5O2S. The minimum Gasteiger partial charge on any atom is -0.480 e. The van der Waals surface area contributed by atoms with Crippen molar-refractivity contribution in [2.24, 2.45) is 0 Å². The van der Waals surface area contributed by atoms with Crippen LogP contribution < -0.4 is 4.90 Å². The molecule has 124 valence electrons. The number of rotatable bonds is 4. The number of carbonyl (C=O) groups is 1. The molecule has 1 aliphatic rings. The second kappa shape index (κ2) is 6.21. The van der Waals surface area contributed by atoms with Crippen LogP contribution in [0.2, 0.25) is 0 Å². The minimum atomic E-state index is -0.805. The number of aromatic amines is 1. The van der Waals surface area contributed by atoms with Gasteiger partial charge in [-0.05, 0) is 12.1 Å². The molecule has 1 saturated heterocycles. The molecule has 1 aromatic carbocycles. The van der Waals surface area contributed by atoms with Crippen LogP contribution in [-0.2, 0) is 11.3 Å². The first kappa shape index (κ1) is 15.1. The summed E-state index contributed by atoms with van der Waals surface area (Å²) < 4.78 is 1.12. The summed E-state index contributed by atoms with van der Waals surface area (Å²) in [5.41, 5.74) is 1.89. The number of aliphatic carboxylic acids is 1. The maximum atomic E-state index is 11.7. The van der Waals surface area contributed by atoms with Crippen molar-refractivity contribution in [2.45, 2.75) is 12.6 Å². The van der Waals surface area contributed by atoms with Crippen molar-refractivity contribution in [3.05, 3.63) is 42.5 Å². The Morgan fingerprint density at radius 3 is 3.00 bits per heavy atom. The average Bonchev–Trinajstić information content (AvgIpc) is 3.24. The number of H-pyrrole nitrogens is 1. The van der Waals surface area contributed by atoms with E-state index in [1.54, 1.807) is 23.9 Å². The van der Waals surface area contributed by atoms with Gasteiger partial charge in [0.1, 0.15) is 6.04 Å². The van der Waals surface area contributed by atoms with Crippen LogP contribution >= 0.6 is 11.3 Å². The highest BCUT2D eigenvalue weighted by Crippen LogP contribution is 2.30. The van der Waals surface area contributed by atoms with Crippen molar-refractivity contribution >= 4 is 32.7 Å². The SMILES string of the molecule is O=C(O)C1CN(c2nc3ccccc3s2)CCN1Cc1cnc[nH]1. The molecular weight excluding hydrogens is 326 g/mol. The predicted octanol–water partition coefficient (Wildman–Crippen LogP) is 1.79. The zero-order valence-corrected chi connectivity index (χ0v) is 13.7. The van der Waals surface area contributed by atoms with Crippen LogP contribution in [-0.4, -0.2) is 56.6 Å². The minimum absolute atomic E-state index is 0.434. The van der Waals surface area contributed by atoms with Crippen LogP contribution in [0, 0.1) is 0 Å². The lowest BCUT2D eigenvalue weighted by Crippen LogP contribution is -2.56. The van der Waals surface area contributed by atoms with Gasteiger partial charge in [0.25, 0.3) is 0 Å². The number of thiazole rings is 1. The normalized spacial score (nSPS) is 19.0. The highest BCUT2D eigenvalue weighted by atomic mass is 32.1. The van der Waals surface area contributed by atoms with Gasteiger partial charge >= 0.3 is 5.97 Å². The van der Waals surface area contributed by atoms with E-state index in [0.29, 0.717) is 19.6 Å². The summed E-state index contributed by atoms with van der Waals surface area (Å²) in [6.07, 6.45) is 3.35. The van der Waals surface area contributed by atoms with Crippen molar-refractivity contribution in [2.75, 3.05) is 24.5 Å². The molecule has 2 N–H and O–H groups in total. The van der Waals surface area contributed by atoms with E-state index < -0.39 is 12.0 Å². The van der Waals surface area contributed by atoms with Crippen LogP contribution in [0.4, 0.5) is 5.13 Å². The third kappa shape index (κ3) is 2.85. The van der Waals surface area contributed by atoms with Gasteiger partial charge in [0, 0.05) is 38.1 Å². The monoisotopic (exact) mass is 343 g/mol. The molecule has 8 heteroatoms. The fourth-order valence-corrected chi connectivity index (χ4v) is 4.00. The Kier molecular flexibility index (Phi) is 3.91. The van der Waals surface area contributed by atoms with E-state index in [1.165, 1.54) is 0 Å². The molecule has 0 radical (unpaired) electrons. The smallest absolute Gasteiger partial charge is 0.322 e. The van der Waals surface area contributed by atoms with Gasteiger partial charge in [0.15, 0.2) is 5.13 Å². The summed E-state index contributed by atoms with van der Waals surface area (Å²) in [4.78, 5) is 27.5. The number of hydrogen-bond acceptors (Lipinski definition) is 6. The topological polar surface area (TPSA) is 85.3 Å². The van der Waals surface area contributed by atoms with Gasteiger partial charge in [-0.15, -0.1) is 0 Å². The molecule has 4 rings (SSSR count). The lowest BCUT2D eigenvalue weighted by molar-refractivity contribution is -0.143. The summed E-state index contributed by atoms with van der Waals surface area (Å²) in [5, 5.41) is 10.5. The molecule has 1 atom stereocenters. The fraction of sp³-hybridized carbons (Fsp3) is 0.312. The Bertz CT molecular complexity index is 814. The van der Waals surface area contributed by atoms with Gasteiger partial charge in [-0.3, -0.25) is 9.69 Å². The number of anilines is 1. The van der Waals surface area contributed by atoms with E-state index in [2.05, 4.69) is 19.9 Å². The van der Waals surface area contributed by atoms with Crippen LogP contribution in [0.25, 0.3) is 10.2 Å². The predicted molar refractivity (Wildman–Crippen MR) is 92.3 cm³/mol. The van der Waals surface area contributed by atoms with Gasteiger partial charge in [-0.2, -0.15) is 0 Å². The lowest BCUT2D eigenvalue weighted by atomic mass is 10.1. The van der Waals surface area contributed by atoms with Crippen molar-refractivity contribution in [1.29, 1.82) is 0 Å². The van der Waals surface area contributed by atoms with Crippen LogP contribution in [0.3, 0.4) is 0 Å². The molecule has 1 aliphatic heterocycles. The number of carboxylic acids is 1. The number of fused-ring (bicyclic) bond motifs is 1. The number of benzene rings is 1. The van der Waals surface area contributed by atoms with Gasteiger partial charge in [-0.1, -0.05) is 23.5 Å². The van der Waals surface area contributed by atoms with E-state index in [-0.39, 0.29) is 0 Å². The standard InChI is InChI=1S/C16H17N5O2S/c22-15(23)13-9-21(6-5-20(13)8-11-7-17-10-18-11)16-19-12-3-1-2-4-14(12)24-16/h1-4,7,10,13H,5-6,8-9H2,(H,17,18)(H,22,23). The lowest BCUT2D eigenvalue weighted by Gasteiger charge is -2.38. The second-order valence-corrected chi connectivity index (χ2v) is 6.82. The van der Waals surface area contributed by atoms with E-state index >= 15 is 0 Å². The molecule has 0 aliphatic carbocycles. The first-order chi connectivity index (χ1) is 11.7. The highest BCUT2D eigenvalue weighted by Gasteiger charge is 2.33. The Hall–Kier alpha value is -2.45. The molecule has 0 spiro atoms. The number of carboxylic acid groups (broad SMARTS) is 1. The summed E-state index contributed by atoms with van der Waals surface area (Å²) in [5.74, 6) is -0.805. The van der Waals surface area contributed by atoms with Gasteiger partial charge < -0.3 is 15.0 Å². The molecule has 3 heterocycles. The third-order valence-corrected chi connectivity index (χ3v) is 5.35. The average molecular weight is 343 g/mol. The molecule has 7 nitrogen and oxygen atoms in total. The number of piperazine rings is 1. The number of hydrogen-bond donors (Lipinski definition) is 2. The van der Waals surface area contributed by atoms with E-state index in [0.717, 1.165) is 27.6 Å². The Morgan fingerprint density at radius 1 is 1.38 bits per heavy atom. The summed E-state index contributed by atoms with van der Waals surface area (Å²) in [7, 11) is 0. The van der Waals surface area contributed by atoms with E-state index in [4.69, 9.17) is 0 Å². The largest absolute Gasteiger partial charge is 0.480 e. The molecule has 1 fully saturated rings. The van der Waals surface area contributed by atoms with Gasteiger partial charge in [0.05, 0.1) is 16.5 Å². The van der Waals surface area contributed by atoms with Gasteiger partial charge in [-0.25, -0.2) is 9.97 Å². The number of nitrogens with one attached hydrogen (secondary N) is 1. The quantitative estimate of drug-likeness (QED) is 0.751. The van der Waals surface area contributed by atoms with Crippen LogP contribution in [0.15, 0.2) is 36.8 Å². The number of imidazole rings is 1. The molecule has 0 bridgehead atoms. The van der Waals surface area contributed by atoms with Crippen molar-refractivity contribution < 1.29 is 9.90 Å². The number of para-hydroxylation sites is 1. The maximum Gasteiger partial charge on any atom is 0.322 e. The number of nitrogens with zero attached hydrogens (tertiary/aromatic N) is 4. The zero-order valence-electron chi connectivity index (χ0n) is 12.9. The first-order valence-corrected chi connectivity index (χ1v) is 8.57. The van der Waals surface area contributed by atoms with Crippen molar-refractivity contribution in [3.8, 4) is 0 Å². The first-order valence-electron chi connectivity index (χ1n) is 7.75. The van der Waals surface area contributed by atoms with E-state index in [1.807, 2.05) is 29.2 Å². The van der Waals surface area contributed by atoms with Crippen molar-refractivity contribution in [1.82, 2.24) is 19.9 Å².